The van der Waals surface area contributed by atoms with Gasteiger partial charge in [0.2, 0.25) is 11.6 Å². The van der Waals surface area contributed by atoms with Crippen molar-refractivity contribution < 1.29 is 108 Å². The van der Waals surface area contributed by atoms with Crippen LogP contribution in [0.2, 0.25) is 15.1 Å². The molecular weight excluding hydrogens is 1710 g/mol. The van der Waals surface area contributed by atoms with Crippen molar-refractivity contribution in [3.05, 3.63) is 180 Å². The number of Topliss-reactive ketones (excluding diaryl/α,β-unsaturated/α-hetero) is 4. The number of aliphatic carboxylic acids is 2. The molecule has 32 nitrogen and oxygen atoms in total. The van der Waals surface area contributed by atoms with Crippen LogP contribution in [-0.2, 0) is 57.4 Å². The van der Waals surface area contributed by atoms with E-state index in [9.17, 15) is 69.5 Å². The van der Waals surface area contributed by atoms with Crippen LogP contribution in [0.25, 0.3) is 32.7 Å². The van der Waals surface area contributed by atoms with Crippen LogP contribution in [0, 0.1) is 17.5 Å². The second-order valence-corrected chi connectivity index (χ2v) is 28.7. The molecule has 3 fully saturated rings. The highest BCUT2D eigenvalue weighted by atomic mass is 35.5. The molecule has 8 N–H and O–H groups in total. The summed E-state index contributed by atoms with van der Waals surface area (Å²) < 4.78 is 115. The maximum atomic E-state index is 13.5. The minimum Gasteiger partial charge on any atom is -0.491 e. The number of ether oxygens (including phenoxy) is 6. The van der Waals surface area contributed by atoms with E-state index < -0.39 is 76.2 Å². The average Bonchev–Trinajstić information content (AvgIpc) is 0.798. The monoisotopic (exact) mass is 1800 g/mol. The Balaban J connectivity index is 0.000000209. The van der Waals surface area contributed by atoms with Crippen LogP contribution in [0.5, 0.6) is 17.2 Å². The number of rotatable bonds is 35. The summed E-state index contributed by atoms with van der Waals surface area (Å²) in [5.74, 6) is -10.9. The van der Waals surface area contributed by atoms with Crippen LogP contribution in [0.4, 0.5) is 77.9 Å². The van der Waals surface area contributed by atoms with Crippen LogP contribution in [0.1, 0.15) is 58.8 Å². The first-order valence-corrected chi connectivity index (χ1v) is 39.7. The minimum absolute atomic E-state index is 0.0190. The molecule has 3 amide bonds. The number of nitrogens with zero attached hydrogens (tertiary/aromatic N) is 9. The number of amides is 3. The number of hydrogen-bond acceptors (Lipinski definition) is 27. The van der Waals surface area contributed by atoms with Gasteiger partial charge in [-0.3, -0.25) is 38.7 Å². The van der Waals surface area contributed by atoms with Gasteiger partial charge < -0.3 is 80.1 Å². The molecule has 0 bridgehead atoms. The lowest BCUT2D eigenvalue weighted by atomic mass is 10.1. The molecule has 3 aromatic heterocycles. The Morgan fingerprint density at radius 1 is 0.408 bits per heavy atom. The Morgan fingerprint density at radius 3 is 0.904 bits per heavy atom. The zero-order chi connectivity index (χ0) is 90.7. The van der Waals surface area contributed by atoms with Gasteiger partial charge in [-0.05, 0) is 106 Å². The molecule has 664 valence electrons. The highest BCUT2D eigenvalue weighted by Crippen LogP contribution is 2.38. The number of ketones is 4. The SMILES string of the molecule is C=C(F)C(=O)Nc1cc2c(Nc3ccc(F)c(Cl)c3)ncnc2cc1OCCCN1CCOCC1.C=C(F)C(=O)Nc1cc2c(Nc3ccc(F)c(Cl)c3)ncnc2cc1OCCCN1CCOCC1.C=C(F)C(=O)Nc1cc2c(Nc3ccc(F)c(Cl)c3)ncnc2cc1OCCCN1CCOCC1.CC(=O)CCC(=O)C(=O)O.CC(=O)CCC(=O)C(=O)O. The van der Waals surface area contributed by atoms with Gasteiger partial charge in [0.05, 0.1) is 108 Å². The van der Waals surface area contributed by atoms with E-state index in [1.165, 1.54) is 87.4 Å². The number of carboxylic acids is 2. The van der Waals surface area contributed by atoms with Crippen LogP contribution in [0.3, 0.4) is 0 Å². The van der Waals surface area contributed by atoms with Crippen molar-refractivity contribution in [2.75, 3.05) is 150 Å². The summed E-state index contributed by atoms with van der Waals surface area (Å²) >= 11 is 17.6. The van der Waals surface area contributed by atoms with Crippen molar-refractivity contribution in [1.29, 1.82) is 0 Å². The van der Waals surface area contributed by atoms with Crippen molar-refractivity contribution in [2.24, 2.45) is 0 Å². The Hall–Kier alpha value is -12.4. The largest absolute Gasteiger partial charge is 0.491 e. The number of carboxylic acid groups (broad SMARTS) is 2. The molecule has 0 radical (unpaired) electrons. The van der Waals surface area contributed by atoms with Gasteiger partial charge in [0, 0.05) is 136 Å². The molecule has 125 heavy (non-hydrogen) atoms. The second-order valence-electron chi connectivity index (χ2n) is 27.4. The summed E-state index contributed by atoms with van der Waals surface area (Å²) in [6, 6.07) is 22.2. The molecule has 3 saturated heterocycles. The third kappa shape index (κ3) is 32.3. The molecule has 3 aliphatic heterocycles. The summed E-state index contributed by atoms with van der Waals surface area (Å²) in [6.07, 6.45) is 6.00. The molecule has 0 saturated carbocycles. The van der Waals surface area contributed by atoms with Gasteiger partial charge in [0.15, 0.2) is 17.5 Å². The normalized spacial score (nSPS) is 13.2. The minimum atomic E-state index is -1.47. The molecule has 0 unspecified atom stereocenters. The third-order valence-electron chi connectivity index (χ3n) is 18.1. The second kappa shape index (κ2) is 49.8. The van der Waals surface area contributed by atoms with Gasteiger partial charge in [-0.2, -0.15) is 0 Å². The molecule has 0 aliphatic carbocycles. The third-order valence-corrected chi connectivity index (χ3v) is 18.9. The number of nitrogens with one attached hydrogen (secondary N) is 6. The zero-order valence-electron chi connectivity index (χ0n) is 67.6. The molecule has 9 aromatic rings. The maximum Gasteiger partial charge on any atom is 0.372 e. The van der Waals surface area contributed by atoms with Crippen LogP contribution in [-0.4, -0.2) is 226 Å². The molecule has 0 spiro atoms. The van der Waals surface area contributed by atoms with Crippen molar-refractivity contribution >= 4 is 172 Å². The van der Waals surface area contributed by atoms with E-state index in [4.69, 9.17) is 73.4 Å². The number of halogens is 9. The smallest absolute Gasteiger partial charge is 0.372 e. The van der Waals surface area contributed by atoms with Crippen molar-refractivity contribution in [1.82, 2.24) is 44.6 Å². The topological polar surface area (TPSA) is 409 Å². The van der Waals surface area contributed by atoms with E-state index >= 15 is 0 Å². The van der Waals surface area contributed by atoms with Gasteiger partial charge in [0.1, 0.15) is 82.7 Å². The van der Waals surface area contributed by atoms with Gasteiger partial charge >= 0.3 is 11.9 Å². The summed E-state index contributed by atoms with van der Waals surface area (Å²) in [5.41, 5.74) is 3.79. The molecule has 6 heterocycles. The van der Waals surface area contributed by atoms with Crippen LogP contribution in [0.15, 0.2) is 147 Å². The van der Waals surface area contributed by atoms with Crippen LogP contribution < -0.4 is 46.1 Å². The predicted octanol–water partition coefficient (Wildman–Crippen LogP) is 14.1. The van der Waals surface area contributed by atoms with Gasteiger partial charge in [0.25, 0.3) is 17.7 Å². The molecule has 12 rings (SSSR count). The number of carbonyl (C=O) groups excluding carboxylic acids is 7. The van der Waals surface area contributed by atoms with Gasteiger partial charge in [-0.25, -0.2) is 65.8 Å². The van der Waals surface area contributed by atoms with Crippen molar-refractivity contribution in [3.8, 4) is 17.2 Å². The molecule has 3 aliphatic rings. The Morgan fingerprint density at radius 2 is 0.672 bits per heavy atom. The first-order valence-electron chi connectivity index (χ1n) is 38.6. The Labute approximate surface area is 727 Å². The highest BCUT2D eigenvalue weighted by Gasteiger charge is 2.23. The van der Waals surface area contributed by atoms with Crippen molar-refractivity contribution in [2.45, 2.75) is 58.8 Å². The van der Waals surface area contributed by atoms with Crippen LogP contribution >= 0.6 is 34.8 Å². The lowest BCUT2D eigenvalue weighted by molar-refractivity contribution is -0.149. The number of anilines is 9. The summed E-state index contributed by atoms with van der Waals surface area (Å²) in [4.78, 5) is 129. The van der Waals surface area contributed by atoms with E-state index in [1.54, 1.807) is 36.4 Å². The Bertz CT molecular complexity index is 4910. The first kappa shape index (κ1) is 98.0. The molecular formula is C84H88Cl3F6N15O17. The lowest BCUT2D eigenvalue weighted by Crippen LogP contribution is -2.37. The van der Waals surface area contributed by atoms with Gasteiger partial charge in [-0.15, -0.1) is 0 Å². The van der Waals surface area contributed by atoms with E-state index in [1.807, 2.05) is 0 Å². The highest BCUT2D eigenvalue weighted by molar-refractivity contribution is 6.34. The van der Waals surface area contributed by atoms with Crippen molar-refractivity contribution in [3.63, 3.8) is 0 Å². The predicted molar refractivity (Wildman–Crippen MR) is 457 cm³/mol. The fourth-order valence-electron chi connectivity index (χ4n) is 11.6. The van der Waals surface area contributed by atoms with E-state index in [0.717, 1.165) is 118 Å². The number of fused-ring (bicyclic) bond motifs is 3. The summed E-state index contributed by atoms with van der Waals surface area (Å²) in [5, 5.41) is 34.1. The van der Waals surface area contributed by atoms with E-state index in [-0.39, 0.29) is 69.4 Å². The molecule has 41 heteroatoms. The fourth-order valence-corrected chi connectivity index (χ4v) is 12.1. The quantitative estimate of drug-likeness (QED) is 0.00791. The lowest BCUT2D eigenvalue weighted by Gasteiger charge is -2.26. The molecule has 0 atom stereocenters. The first-order chi connectivity index (χ1) is 59.8. The summed E-state index contributed by atoms with van der Waals surface area (Å²) in [7, 11) is 0. The van der Waals surface area contributed by atoms with Gasteiger partial charge in [-0.1, -0.05) is 54.5 Å². The maximum absolute atomic E-state index is 13.5. The van der Waals surface area contributed by atoms with E-state index in [0.29, 0.717) is 104 Å². The number of hydrogen-bond donors (Lipinski definition) is 8. The molecule has 6 aromatic carbocycles. The number of carbonyl (C=O) groups is 9. The summed E-state index contributed by atoms with van der Waals surface area (Å²) in [6.45, 7) is 25.0. The Kier molecular flexibility index (Phi) is 39.0. The van der Waals surface area contributed by atoms with E-state index in [2.05, 4.69) is 96.2 Å². The average molecular weight is 1800 g/mol. The zero-order valence-corrected chi connectivity index (χ0v) is 69.9. The fraction of sp³-hybridized carbons (Fsp3) is 0.321. The standard InChI is InChI=1S/3C24H24ClF2N5O3.2C6H8O4/c3*1-15(26)24(33)31-21-12-17-20(13-22(21)35-8-2-5-32-6-9-34-10-7-32)28-14-29-23(17)30-16-3-4-19(27)18(25)11-16;2*1-4(7)2-3-5(8)6(9)10/h3*3-4,11-14H,1-2,5-10H2,(H,31,33)(H,28,29,30);2*2-3H2,1H3,(H,9,10). The number of morpholine rings is 3. The number of benzene rings is 6. The number of aromatic nitrogens is 6.